The molecule has 3 aromatic rings. The van der Waals surface area contributed by atoms with Gasteiger partial charge < -0.3 is 29.7 Å². The molecule has 0 aromatic heterocycles. The Hall–Kier alpha value is -3.53. The molecule has 8 nitrogen and oxygen atoms in total. The standard InChI is InChI=1S/C34H42N2O6/c1-5-19-40-34(39)35-20-25-11-17-29(18-12-25)33-41-30(21-36(4)24(3)31(38)27-9-7-6-8-10-27)23(2)32(42-33)28-15-13-26(22-37)14-16-28/h5-18,23-24,30-33,37-38H,1,19-22H2,2-4H3,(H,35,39)/t23-,24+,30+,31+,32+,33+/m0/s1. The van der Waals surface area contributed by atoms with Crippen LogP contribution in [0.25, 0.3) is 0 Å². The first-order valence-corrected chi connectivity index (χ1v) is 14.3. The molecule has 0 spiro atoms. The van der Waals surface area contributed by atoms with Crippen molar-refractivity contribution in [2.75, 3.05) is 20.2 Å². The Kier molecular flexibility index (Phi) is 11.3. The van der Waals surface area contributed by atoms with Crippen molar-refractivity contribution < 1.29 is 29.2 Å². The molecule has 3 aromatic carbocycles. The number of benzene rings is 3. The van der Waals surface area contributed by atoms with Gasteiger partial charge in [0.05, 0.1) is 24.9 Å². The minimum atomic E-state index is -0.640. The number of nitrogens with zero attached hydrogens (tertiary/aromatic N) is 1. The minimum absolute atomic E-state index is 0.00907. The topological polar surface area (TPSA) is 100 Å². The SMILES string of the molecule is C=CCOC(=O)NCc1ccc([C@@H]2O[C@H](CN(C)[C@H](C)[C@@H](O)c3ccccc3)[C@H](C)[C@H](c3ccc(CO)cc3)O2)cc1. The molecule has 8 heteroatoms. The molecule has 1 aliphatic rings. The first-order valence-electron chi connectivity index (χ1n) is 14.3. The summed E-state index contributed by atoms with van der Waals surface area (Å²) in [6.07, 6.45) is -0.672. The molecule has 1 heterocycles. The van der Waals surface area contributed by atoms with Crippen molar-refractivity contribution in [3.63, 3.8) is 0 Å². The van der Waals surface area contributed by atoms with E-state index >= 15 is 0 Å². The number of aliphatic hydroxyl groups excluding tert-OH is 2. The number of alkyl carbamates (subject to hydrolysis) is 1. The van der Waals surface area contributed by atoms with Gasteiger partial charge in [-0.15, -0.1) is 0 Å². The average Bonchev–Trinajstić information content (AvgIpc) is 3.03. The van der Waals surface area contributed by atoms with Crippen LogP contribution < -0.4 is 5.32 Å². The van der Waals surface area contributed by atoms with E-state index in [0.717, 1.165) is 27.8 Å². The summed E-state index contributed by atoms with van der Waals surface area (Å²) >= 11 is 0. The van der Waals surface area contributed by atoms with Crippen LogP contribution in [0, 0.1) is 5.92 Å². The van der Waals surface area contributed by atoms with Crippen molar-refractivity contribution >= 4 is 6.09 Å². The highest BCUT2D eigenvalue weighted by Crippen LogP contribution is 2.42. The van der Waals surface area contributed by atoms with Gasteiger partial charge in [-0.3, -0.25) is 4.90 Å². The number of ether oxygens (including phenoxy) is 3. The van der Waals surface area contributed by atoms with Gasteiger partial charge >= 0.3 is 6.09 Å². The lowest BCUT2D eigenvalue weighted by atomic mass is 9.89. The van der Waals surface area contributed by atoms with E-state index in [4.69, 9.17) is 14.2 Å². The van der Waals surface area contributed by atoms with E-state index in [1.807, 2.05) is 92.8 Å². The second-order valence-electron chi connectivity index (χ2n) is 10.8. The predicted molar refractivity (Wildman–Crippen MR) is 161 cm³/mol. The van der Waals surface area contributed by atoms with Crippen molar-refractivity contribution in [3.05, 3.63) is 119 Å². The summed E-state index contributed by atoms with van der Waals surface area (Å²) in [5, 5.41) is 23.3. The molecule has 1 fully saturated rings. The van der Waals surface area contributed by atoms with Gasteiger partial charge in [0.15, 0.2) is 6.29 Å². The number of nitrogens with one attached hydrogen (secondary N) is 1. The molecule has 1 aliphatic heterocycles. The third-order valence-electron chi connectivity index (χ3n) is 7.91. The molecule has 1 saturated heterocycles. The van der Waals surface area contributed by atoms with Gasteiger partial charge in [-0.2, -0.15) is 0 Å². The van der Waals surface area contributed by atoms with Crippen molar-refractivity contribution in [1.29, 1.82) is 0 Å². The van der Waals surface area contributed by atoms with Gasteiger partial charge in [-0.1, -0.05) is 98.4 Å². The largest absolute Gasteiger partial charge is 0.445 e. The molecule has 0 radical (unpaired) electrons. The van der Waals surface area contributed by atoms with Gasteiger partial charge in [0, 0.05) is 30.6 Å². The third-order valence-corrected chi connectivity index (χ3v) is 7.91. The van der Waals surface area contributed by atoms with Gasteiger partial charge in [0.1, 0.15) is 6.61 Å². The molecule has 6 atom stereocenters. The van der Waals surface area contributed by atoms with E-state index in [1.165, 1.54) is 6.08 Å². The Morgan fingerprint density at radius 1 is 1.02 bits per heavy atom. The zero-order valence-corrected chi connectivity index (χ0v) is 24.6. The van der Waals surface area contributed by atoms with E-state index < -0.39 is 18.5 Å². The molecular formula is C34H42N2O6. The fourth-order valence-corrected chi connectivity index (χ4v) is 5.10. The van der Waals surface area contributed by atoms with Crippen LogP contribution in [0.15, 0.2) is 91.5 Å². The van der Waals surface area contributed by atoms with Crippen molar-refractivity contribution in [2.45, 2.75) is 57.6 Å². The number of hydrogen-bond acceptors (Lipinski definition) is 7. The molecule has 42 heavy (non-hydrogen) atoms. The summed E-state index contributed by atoms with van der Waals surface area (Å²) in [5.41, 5.74) is 4.50. The van der Waals surface area contributed by atoms with Gasteiger partial charge in [0.25, 0.3) is 0 Å². The smallest absolute Gasteiger partial charge is 0.407 e. The Labute approximate surface area is 248 Å². The van der Waals surface area contributed by atoms with Crippen molar-refractivity contribution in [3.8, 4) is 0 Å². The van der Waals surface area contributed by atoms with Crippen LogP contribution in [0.1, 0.15) is 60.2 Å². The predicted octanol–water partition coefficient (Wildman–Crippen LogP) is 5.44. The number of carbonyl (C=O) groups excluding carboxylic acids is 1. The lowest BCUT2D eigenvalue weighted by Crippen LogP contribution is -2.46. The van der Waals surface area contributed by atoms with E-state index in [-0.39, 0.29) is 37.4 Å². The van der Waals surface area contributed by atoms with Crippen LogP contribution in [-0.4, -0.2) is 53.6 Å². The number of rotatable bonds is 12. The summed E-state index contributed by atoms with van der Waals surface area (Å²) < 4.78 is 18.1. The van der Waals surface area contributed by atoms with E-state index in [2.05, 4.69) is 23.7 Å². The highest BCUT2D eigenvalue weighted by Gasteiger charge is 2.39. The van der Waals surface area contributed by atoms with Crippen molar-refractivity contribution in [1.82, 2.24) is 10.2 Å². The van der Waals surface area contributed by atoms with Crippen LogP contribution in [0.4, 0.5) is 4.79 Å². The quantitative estimate of drug-likeness (QED) is 0.248. The maximum atomic E-state index is 11.8. The Bertz CT molecular complexity index is 1270. The van der Waals surface area contributed by atoms with E-state index in [0.29, 0.717) is 13.1 Å². The third kappa shape index (κ3) is 8.06. The van der Waals surface area contributed by atoms with Crippen LogP contribution in [0.2, 0.25) is 0 Å². The van der Waals surface area contributed by atoms with Crippen LogP contribution >= 0.6 is 0 Å². The Morgan fingerprint density at radius 3 is 2.31 bits per heavy atom. The van der Waals surface area contributed by atoms with E-state index in [1.54, 1.807) is 0 Å². The molecule has 4 rings (SSSR count). The first kappa shape index (κ1) is 31.4. The normalized spacial score (nSPS) is 21.9. The summed E-state index contributed by atoms with van der Waals surface area (Å²) in [7, 11) is 2.00. The Morgan fingerprint density at radius 2 is 1.67 bits per heavy atom. The molecule has 0 unspecified atom stereocenters. The summed E-state index contributed by atoms with van der Waals surface area (Å²) in [4.78, 5) is 13.9. The Balaban J connectivity index is 1.51. The maximum absolute atomic E-state index is 11.8. The number of hydrogen-bond donors (Lipinski definition) is 3. The summed E-state index contributed by atoms with van der Waals surface area (Å²) in [6, 6.07) is 25.1. The molecule has 0 bridgehead atoms. The number of carbonyl (C=O) groups is 1. The fraction of sp³-hybridized carbons (Fsp3) is 0.382. The van der Waals surface area contributed by atoms with Gasteiger partial charge in [-0.25, -0.2) is 4.79 Å². The lowest BCUT2D eigenvalue weighted by molar-refractivity contribution is -0.276. The zero-order chi connectivity index (χ0) is 30.1. The molecule has 0 aliphatic carbocycles. The number of likely N-dealkylation sites (N-methyl/N-ethyl adjacent to an activating group) is 1. The monoisotopic (exact) mass is 574 g/mol. The second-order valence-corrected chi connectivity index (χ2v) is 10.8. The van der Waals surface area contributed by atoms with Crippen molar-refractivity contribution in [2.24, 2.45) is 5.92 Å². The van der Waals surface area contributed by atoms with E-state index in [9.17, 15) is 15.0 Å². The summed E-state index contributed by atoms with van der Waals surface area (Å²) in [6.45, 7) is 8.74. The van der Waals surface area contributed by atoms with Gasteiger partial charge in [-0.05, 0) is 36.2 Å². The fourth-order valence-electron chi connectivity index (χ4n) is 5.10. The van der Waals surface area contributed by atoms with Crippen LogP contribution in [-0.2, 0) is 27.4 Å². The molecular weight excluding hydrogens is 532 g/mol. The lowest BCUT2D eigenvalue weighted by Gasteiger charge is -2.43. The highest BCUT2D eigenvalue weighted by atomic mass is 16.7. The minimum Gasteiger partial charge on any atom is -0.445 e. The first-order chi connectivity index (χ1) is 20.3. The molecule has 3 N–H and O–H groups in total. The second kappa shape index (κ2) is 15.1. The molecule has 224 valence electrons. The van der Waals surface area contributed by atoms with Crippen LogP contribution in [0.3, 0.4) is 0 Å². The number of aliphatic hydroxyl groups is 2. The highest BCUT2D eigenvalue weighted by molar-refractivity contribution is 5.67. The average molecular weight is 575 g/mol. The summed E-state index contributed by atoms with van der Waals surface area (Å²) in [5.74, 6) is 0.00907. The zero-order valence-electron chi connectivity index (χ0n) is 24.6. The molecule has 0 saturated carbocycles. The maximum Gasteiger partial charge on any atom is 0.407 e. The van der Waals surface area contributed by atoms with Crippen LogP contribution in [0.5, 0.6) is 0 Å². The number of amides is 1. The van der Waals surface area contributed by atoms with Gasteiger partial charge in [0.2, 0.25) is 0 Å². The molecule has 1 amide bonds.